The minimum absolute atomic E-state index is 0.118. The van der Waals surface area contributed by atoms with Crippen LogP contribution in [0.3, 0.4) is 0 Å². The summed E-state index contributed by atoms with van der Waals surface area (Å²) in [5, 5.41) is 6.96. The Bertz CT molecular complexity index is 858. The van der Waals surface area contributed by atoms with E-state index in [1.165, 1.54) is 23.3 Å². The molecule has 0 atom stereocenters. The maximum atomic E-state index is 12.0. The Morgan fingerprint density at radius 2 is 2.12 bits per heavy atom. The highest BCUT2D eigenvalue weighted by atomic mass is 79.9. The van der Waals surface area contributed by atoms with Gasteiger partial charge in [0.25, 0.3) is 0 Å². The van der Waals surface area contributed by atoms with Crippen LogP contribution < -0.4 is 5.32 Å². The second-order valence-corrected chi connectivity index (χ2v) is 8.35. The number of nitrogens with one attached hydrogen (secondary N) is 1. The Labute approximate surface area is 163 Å². The number of carbonyl (C=O) groups is 1. The fourth-order valence-corrected chi connectivity index (χ4v) is 4.65. The highest BCUT2D eigenvalue weighted by Crippen LogP contribution is 2.37. The lowest BCUT2D eigenvalue weighted by molar-refractivity contribution is -0.113. The van der Waals surface area contributed by atoms with Gasteiger partial charge in [-0.1, -0.05) is 48.5 Å². The van der Waals surface area contributed by atoms with E-state index in [4.69, 9.17) is 0 Å². The molecule has 0 fully saturated rings. The maximum Gasteiger partial charge on any atom is 0.235 e. The molecule has 0 spiro atoms. The number of thioether (sulfide) groups is 1. The number of halogens is 2. The Hall–Kier alpha value is -1.29. The van der Waals surface area contributed by atoms with Gasteiger partial charge in [-0.2, -0.15) is 0 Å². The van der Waals surface area contributed by atoms with Crippen LogP contribution in [-0.2, 0) is 4.79 Å². The number of hydrogen-bond donors (Lipinski definition) is 1. The molecule has 0 saturated heterocycles. The third-order valence-corrected chi connectivity index (χ3v) is 6.02. The molecule has 1 aromatic carbocycles. The van der Waals surface area contributed by atoms with E-state index in [0.29, 0.717) is 5.82 Å². The Morgan fingerprint density at radius 1 is 1.25 bits per heavy atom. The average Bonchev–Trinajstić information content (AvgIpc) is 3.02. The molecular formula is C15H10Br2N4OS2. The first-order valence-electron chi connectivity index (χ1n) is 6.75. The van der Waals surface area contributed by atoms with Gasteiger partial charge in [-0.05, 0) is 35.8 Å². The Kier molecular flexibility index (Phi) is 5.99. The lowest BCUT2D eigenvalue weighted by Crippen LogP contribution is -2.14. The molecule has 2 heterocycles. The zero-order chi connectivity index (χ0) is 16.9. The van der Waals surface area contributed by atoms with Crippen molar-refractivity contribution in [2.45, 2.75) is 4.21 Å². The number of pyridine rings is 1. The van der Waals surface area contributed by atoms with Crippen molar-refractivity contribution in [1.82, 2.24) is 14.6 Å². The maximum absolute atomic E-state index is 12.0. The molecule has 5 nitrogen and oxygen atoms in total. The summed E-state index contributed by atoms with van der Waals surface area (Å²) in [6.07, 6.45) is 1.64. The van der Waals surface area contributed by atoms with Crippen LogP contribution in [0.15, 0.2) is 55.7 Å². The summed E-state index contributed by atoms with van der Waals surface area (Å²) in [5.41, 5.74) is 1.72. The molecule has 9 heteroatoms. The van der Waals surface area contributed by atoms with Crippen molar-refractivity contribution in [1.29, 1.82) is 0 Å². The summed E-state index contributed by atoms with van der Waals surface area (Å²) in [6, 6.07) is 11.2. The van der Waals surface area contributed by atoms with Crippen molar-refractivity contribution in [3.63, 3.8) is 0 Å². The molecular weight excluding hydrogens is 476 g/mol. The fraction of sp³-hybridized carbons (Fsp3) is 0.0667. The monoisotopic (exact) mass is 484 g/mol. The predicted molar refractivity (Wildman–Crippen MR) is 104 cm³/mol. The van der Waals surface area contributed by atoms with Crippen LogP contribution >= 0.6 is 55.2 Å². The van der Waals surface area contributed by atoms with Gasteiger partial charge in [-0.3, -0.25) is 4.79 Å². The highest BCUT2D eigenvalue weighted by Gasteiger charge is 2.15. The molecule has 3 rings (SSSR count). The molecule has 1 N–H and O–H groups in total. The Balaban J connectivity index is 1.69. The van der Waals surface area contributed by atoms with Crippen molar-refractivity contribution in [2.24, 2.45) is 0 Å². The molecule has 122 valence electrons. The van der Waals surface area contributed by atoms with E-state index >= 15 is 0 Å². The number of aromatic nitrogens is 3. The normalized spacial score (nSPS) is 10.6. The second kappa shape index (κ2) is 8.19. The minimum Gasteiger partial charge on any atom is -0.310 e. The van der Waals surface area contributed by atoms with Gasteiger partial charge in [0.15, 0.2) is 0 Å². The van der Waals surface area contributed by atoms with Crippen molar-refractivity contribution in [2.75, 3.05) is 11.1 Å². The molecule has 2 aromatic heterocycles. The summed E-state index contributed by atoms with van der Waals surface area (Å²) >= 11 is 9.66. The van der Waals surface area contributed by atoms with Crippen LogP contribution in [0.2, 0.25) is 0 Å². The van der Waals surface area contributed by atoms with Crippen LogP contribution in [-0.4, -0.2) is 26.2 Å². The van der Waals surface area contributed by atoms with E-state index in [1.807, 2.05) is 24.3 Å². The second-order valence-electron chi connectivity index (χ2n) is 4.58. The van der Waals surface area contributed by atoms with E-state index in [2.05, 4.69) is 51.7 Å². The first kappa shape index (κ1) is 17.5. The molecule has 0 aliphatic carbocycles. The average molecular weight is 486 g/mol. The van der Waals surface area contributed by atoms with Gasteiger partial charge in [0.2, 0.25) is 5.91 Å². The number of amides is 1. The van der Waals surface area contributed by atoms with Crippen LogP contribution in [0.25, 0.3) is 11.3 Å². The number of carbonyl (C=O) groups excluding carboxylic acids is 1. The van der Waals surface area contributed by atoms with E-state index in [1.54, 1.807) is 18.3 Å². The number of benzene rings is 1. The lowest BCUT2D eigenvalue weighted by Gasteiger charge is -2.05. The van der Waals surface area contributed by atoms with Crippen LogP contribution in [0.1, 0.15) is 0 Å². The first-order chi connectivity index (χ1) is 11.6. The van der Waals surface area contributed by atoms with E-state index in [9.17, 15) is 4.79 Å². The van der Waals surface area contributed by atoms with Crippen LogP contribution in [0.4, 0.5) is 5.82 Å². The van der Waals surface area contributed by atoms with Crippen molar-refractivity contribution < 1.29 is 4.79 Å². The van der Waals surface area contributed by atoms with Gasteiger partial charge in [0.05, 0.1) is 5.75 Å². The van der Waals surface area contributed by atoms with Gasteiger partial charge in [0, 0.05) is 20.7 Å². The third-order valence-electron chi connectivity index (χ3n) is 2.91. The van der Waals surface area contributed by atoms with Gasteiger partial charge in [-0.15, -0.1) is 16.9 Å². The van der Waals surface area contributed by atoms with Gasteiger partial charge < -0.3 is 5.32 Å². The summed E-state index contributed by atoms with van der Waals surface area (Å²) in [7, 11) is 0. The van der Waals surface area contributed by atoms with E-state index < -0.39 is 0 Å². The van der Waals surface area contributed by atoms with Gasteiger partial charge in [-0.25, -0.2) is 4.98 Å². The summed E-state index contributed by atoms with van der Waals surface area (Å²) in [5.74, 6) is 0.691. The molecule has 24 heavy (non-hydrogen) atoms. The molecule has 0 bridgehead atoms. The molecule has 0 aliphatic heterocycles. The fourth-order valence-electron chi connectivity index (χ4n) is 1.87. The van der Waals surface area contributed by atoms with Crippen LogP contribution in [0, 0.1) is 0 Å². The molecule has 3 aromatic rings. The number of nitrogens with zero attached hydrogens (tertiary/aromatic N) is 3. The zero-order valence-electron chi connectivity index (χ0n) is 12.1. The Morgan fingerprint density at radius 3 is 2.88 bits per heavy atom. The third kappa shape index (κ3) is 4.41. The van der Waals surface area contributed by atoms with Crippen molar-refractivity contribution in [3.05, 3.63) is 51.5 Å². The van der Waals surface area contributed by atoms with Crippen LogP contribution in [0.5, 0.6) is 0 Å². The SMILES string of the molecule is O=C(CSc1snnc1-c1ccc(Br)cc1Br)Nc1ccccn1. The first-order valence-corrected chi connectivity index (χ1v) is 10.1. The van der Waals surface area contributed by atoms with E-state index in [-0.39, 0.29) is 11.7 Å². The van der Waals surface area contributed by atoms with Crippen molar-refractivity contribution >= 4 is 66.9 Å². The van der Waals surface area contributed by atoms with Gasteiger partial charge >= 0.3 is 0 Å². The summed E-state index contributed by atoms with van der Waals surface area (Å²) in [4.78, 5) is 16.1. The summed E-state index contributed by atoms with van der Waals surface area (Å²) < 4.78 is 6.81. The largest absolute Gasteiger partial charge is 0.310 e. The molecule has 0 unspecified atom stereocenters. The minimum atomic E-state index is -0.118. The standard InChI is InChI=1S/C15H10Br2N4OS2/c16-9-4-5-10(11(17)7-9)14-15(24-21-20-14)23-8-13(22)19-12-3-1-2-6-18-12/h1-7H,8H2,(H,18,19,22). The molecule has 1 amide bonds. The number of anilines is 1. The van der Waals surface area contributed by atoms with Crippen molar-refractivity contribution in [3.8, 4) is 11.3 Å². The van der Waals surface area contributed by atoms with E-state index in [0.717, 1.165) is 24.4 Å². The molecule has 0 aliphatic rings. The highest BCUT2D eigenvalue weighted by molar-refractivity contribution is 9.11. The number of rotatable bonds is 5. The smallest absolute Gasteiger partial charge is 0.235 e. The quantitative estimate of drug-likeness (QED) is 0.523. The topological polar surface area (TPSA) is 67.8 Å². The van der Waals surface area contributed by atoms with Gasteiger partial charge in [0.1, 0.15) is 15.7 Å². The summed E-state index contributed by atoms with van der Waals surface area (Å²) in [6.45, 7) is 0. The molecule has 0 saturated carbocycles. The number of hydrogen-bond acceptors (Lipinski definition) is 6. The molecule has 0 radical (unpaired) electrons. The zero-order valence-corrected chi connectivity index (χ0v) is 16.9. The predicted octanol–water partition coefficient (Wildman–Crippen LogP) is 4.86. The lowest BCUT2D eigenvalue weighted by atomic mass is 10.2.